The van der Waals surface area contributed by atoms with Gasteiger partial charge in [0, 0.05) is 11.9 Å². The second kappa shape index (κ2) is 7.16. The molecule has 0 aliphatic carbocycles. The Labute approximate surface area is 132 Å². The second-order valence-corrected chi connectivity index (χ2v) is 6.07. The largest absolute Gasteiger partial charge is 0.294 e. The summed E-state index contributed by atoms with van der Waals surface area (Å²) < 4.78 is 0. The van der Waals surface area contributed by atoms with Gasteiger partial charge >= 0.3 is 0 Å². The van der Waals surface area contributed by atoms with Crippen LogP contribution in [-0.4, -0.2) is 15.9 Å². The molecule has 0 saturated heterocycles. The summed E-state index contributed by atoms with van der Waals surface area (Å²) in [4.78, 5) is 20.5. The Morgan fingerprint density at radius 2 is 1.82 bits per heavy atom. The molecule has 22 heavy (non-hydrogen) atoms. The third-order valence-electron chi connectivity index (χ3n) is 3.55. The van der Waals surface area contributed by atoms with Gasteiger partial charge in [-0.2, -0.15) is 0 Å². The van der Waals surface area contributed by atoms with Gasteiger partial charge in [-0.25, -0.2) is 9.97 Å². The minimum absolute atomic E-state index is 0.0952. The maximum Gasteiger partial charge on any atom is 0.233 e. The molecular formula is C18H23N3O. The molecule has 0 saturated carbocycles. The lowest BCUT2D eigenvalue weighted by atomic mass is 9.96. The van der Waals surface area contributed by atoms with Crippen molar-refractivity contribution in [3.63, 3.8) is 0 Å². The van der Waals surface area contributed by atoms with Crippen LogP contribution in [0.5, 0.6) is 0 Å². The Balaban J connectivity index is 2.03. The highest BCUT2D eigenvalue weighted by Crippen LogP contribution is 2.19. The number of carbonyl (C=O) groups excluding carboxylic acids is 1. The normalized spacial score (nSPS) is 12.2. The van der Waals surface area contributed by atoms with E-state index in [0.29, 0.717) is 11.9 Å². The van der Waals surface area contributed by atoms with Crippen LogP contribution in [0.2, 0.25) is 0 Å². The molecule has 1 aromatic carbocycles. The van der Waals surface area contributed by atoms with Gasteiger partial charge in [0.15, 0.2) is 0 Å². The first-order chi connectivity index (χ1) is 10.5. The van der Waals surface area contributed by atoms with Crippen LogP contribution >= 0.6 is 0 Å². The van der Waals surface area contributed by atoms with E-state index >= 15 is 0 Å². The summed E-state index contributed by atoms with van der Waals surface area (Å²) in [6.07, 6.45) is 2.70. The highest BCUT2D eigenvalue weighted by Gasteiger charge is 2.16. The summed E-state index contributed by atoms with van der Waals surface area (Å²) in [5.41, 5.74) is 3.13. The van der Waals surface area contributed by atoms with E-state index in [0.717, 1.165) is 17.7 Å². The maximum atomic E-state index is 12.3. The molecule has 2 aromatic rings. The van der Waals surface area contributed by atoms with Crippen molar-refractivity contribution in [2.24, 2.45) is 5.92 Å². The monoisotopic (exact) mass is 297 g/mol. The van der Waals surface area contributed by atoms with Crippen molar-refractivity contribution in [3.8, 4) is 0 Å². The summed E-state index contributed by atoms with van der Waals surface area (Å²) in [5.74, 6) is 0.651. The van der Waals surface area contributed by atoms with Crippen LogP contribution in [-0.2, 0) is 11.2 Å². The van der Waals surface area contributed by atoms with Crippen LogP contribution in [0, 0.1) is 12.8 Å². The molecule has 0 bridgehead atoms. The van der Waals surface area contributed by atoms with Gasteiger partial charge in [-0.05, 0) is 43.4 Å². The van der Waals surface area contributed by atoms with Crippen molar-refractivity contribution in [3.05, 3.63) is 53.3 Å². The van der Waals surface area contributed by atoms with Crippen molar-refractivity contribution in [2.75, 3.05) is 5.32 Å². The molecule has 1 atom stereocenters. The standard InChI is InChI=1S/C18H23N3O/c1-12(2)11-15-5-7-16(8-6-15)14(4)17(22)21-18-19-10-9-13(3)20-18/h5-10,12,14H,11H2,1-4H3,(H,19,20,21,22)/t14-/m1/s1. The molecule has 4 nitrogen and oxygen atoms in total. The number of nitrogens with zero attached hydrogens (tertiary/aromatic N) is 2. The highest BCUT2D eigenvalue weighted by molar-refractivity contribution is 5.94. The molecule has 1 amide bonds. The van der Waals surface area contributed by atoms with Gasteiger partial charge in [0.05, 0.1) is 5.92 Å². The third kappa shape index (κ3) is 4.38. The van der Waals surface area contributed by atoms with Crippen molar-refractivity contribution in [2.45, 2.75) is 40.0 Å². The molecule has 0 unspecified atom stereocenters. The number of hydrogen-bond donors (Lipinski definition) is 1. The van der Waals surface area contributed by atoms with E-state index in [1.54, 1.807) is 12.3 Å². The lowest BCUT2D eigenvalue weighted by Crippen LogP contribution is -2.20. The van der Waals surface area contributed by atoms with E-state index in [1.165, 1.54) is 5.56 Å². The van der Waals surface area contributed by atoms with Crippen LogP contribution in [0.25, 0.3) is 0 Å². The molecule has 4 heteroatoms. The van der Waals surface area contributed by atoms with Gasteiger partial charge in [0.2, 0.25) is 11.9 Å². The first kappa shape index (κ1) is 16.1. The first-order valence-electron chi connectivity index (χ1n) is 7.65. The number of aryl methyl sites for hydroxylation is 1. The van der Waals surface area contributed by atoms with Gasteiger partial charge in [0.1, 0.15) is 0 Å². The Hall–Kier alpha value is -2.23. The van der Waals surface area contributed by atoms with Gasteiger partial charge < -0.3 is 0 Å². The van der Waals surface area contributed by atoms with Crippen molar-refractivity contribution >= 4 is 11.9 Å². The van der Waals surface area contributed by atoms with Gasteiger partial charge in [-0.15, -0.1) is 0 Å². The molecule has 0 radical (unpaired) electrons. The Morgan fingerprint density at radius 3 is 2.41 bits per heavy atom. The van der Waals surface area contributed by atoms with Crippen molar-refractivity contribution in [1.29, 1.82) is 0 Å². The zero-order valence-electron chi connectivity index (χ0n) is 13.6. The van der Waals surface area contributed by atoms with Gasteiger partial charge in [0.25, 0.3) is 0 Å². The molecule has 2 rings (SSSR count). The molecule has 1 N–H and O–H groups in total. The predicted molar refractivity (Wildman–Crippen MR) is 88.8 cm³/mol. The van der Waals surface area contributed by atoms with Crippen LogP contribution in [0.3, 0.4) is 0 Å². The minimum Gasteiger partial charge on any atom is -0.294 e. The van der Waals surface area contributed by atoms with E-state index in [9.17, 15) is 4.79 Å². The average Bonchev–Trinajstić information content (AvgIpc) is 2.46. The Bertz CT molecular complexity index is 635. The van der Waals surface area contributed by atoms with Crippen molar-refractivity contribution < 1.29 is 4.79 Å². The van der Waals surface area contributed by atoms with Crippen LogP contribution < -0.4 is 5.32 Å². The molecule has 0 aliphatic rings. The van der Waals surface area contributed by atoms with E-state index in [4.69, 9.17) is 0 Å². The summed E-state index contributed by atoms with van der Waals surface area (Å²) in [5, 5.41) is 2.77. The highest BCUT2D eigenvalue weighted by atomic mass is 16.2. The molecule has 0 aliphatic heterocycles. The number of anilines is 1. The molecular weight excluding hydrogens is 274 g/mol. The lowest BCUT2D eigenvalue weighted by molar-refractivity contribution is -0.117. The van der Waals surface area contributed by atoms with Crippen LogP contribution in [0.1, 0.15) is 43.5 Å². The zero-order chi connectivity index (χ0) is 16.1. The summed E-state index contributed by atoms with van der Waals surface area (Å²) in [6.45, 7) is 8.16. The fourth-order valence-corrected chi connectivity index (χ4v) is 2.29. The van der Waals surface area contributed by atoms with E-state index in [-0.39, 0.29) is 11.8 Å². The summed E-state index contributed by atoms with van der Waals surface area (Å²) in [6, 6.07) is 10.1. The SMILES string of the molecule is Cc1ccnc(NC(=O)[C@H](C)c2ccc(CC(C)C)cc2)n1. The lowest BCUT2D eigenvalue weighted by Gasteiger charge is -2.13. The van der Waals surface area contributed by atoms with E-state index < -0.39 is 0 Å². The fourth-order valence-electron chi connectivity index (χ4n) is 2.29. The summed E-state index contributed by atoms with van der Waals surface area (Å²) >= 11 is 0. The number of rotatable bonds is 5. The number of carbonyl (C=O) groups is 1. The van der Waals surface area contributed by atoms with E-state index in [1.807, 2.05) is 26.0 Å². The van der Waals surface area contributed by atoms with Crippen LogP contribution in [0.4, 0.5) is 5.95 Å². The topological polar surface area (TPSA) is 54.9 Å². The number of benzene rings is 1. The molecule has 1 aromatic heterocycles. The maximum absolute atomic E-state index is 12.3. The quantitative estimate of drug-likeness (QED) is 0.915. The van der Waals surface area contributed by atoms with Crippen molar-refractivity contribution in [1.82, 2.24) is 9.97 Å². The molecule has 116 valence electrons. The van der Waals surface area contributed by atoms with Crippen LogP contribution in [0.15, 0.2) is 36.5 Å². The molecule has 1 heterocycles. The average molecular weight is 297 g/mol. The minimum atomic E-state index is -0.239. The number of hydrogen-bond acceptors (Lipinski definition) is 3. The van der Waals surface area contributed by atoms with Gasteiger partial charge in [-0.1, -0.05) is 38.1 Å². The van der Waals surface area contributed by atoms with Gasteiger partial charge in [-0.3, -0.25) is 10.1 Å². The predicted octanol–water partition coefficient (Wildman–Crippen LogP) is 3.73. The summed E-state index contributed by atoms with van der Waals surface area (Å²) in [7, 11) is 0. The Kier molecular flexibility index (Phi) is 5.26. The fraction of sp³-hybridized carbons (Fsp3) is 0.389. The number of amides is 1. The third-order valence-corrected chi connectivity index (χ3v) is 3.55. The smallest absolute Gasteiger partial charge is 0.233 e. The second-order valence-electron chi connectivity index (χ2n) is 6.07. The molecule has 0 spiro atoms. The Morgan fingerprint density at radius 1 is 1.14 bits per heavy atom. The molecule has 0 fully saturated rings. The number of nitrogens with one attached hydrogen (secondary N) is 1. The van der Waals surface area contributed by atoms with E-state index in [2.05, 4.69) is 41.3 Å². The number of aromatic nitrogens is 2. The zero-order valence-corrected chi connectivity index (χ0v) is 13.6. The first-order valence-corrected chi connectivity index (χ1v) is 7.65.